The molecule has 1 spiro atoms. The molecule has 116 valence electrons. The zero-order chi connectivity index (χ0) is 14.2. The van der Waals surface area contributed by atoms with E-state index in [0.29, 0.717) is 5.41 Å². The molecule has 2 unspecified atom stereocenters. The van der Waals surface area contributed by atoms with Crippen molar-refractivity contribution < 1.29 is 4.79 Å². The van der Waals surface area contributed by atoms with Crippen molar-refractivity contribution in [2.75, 3.05) is 13.1 Å². The summed E-state index contributed by atoms with van der Waals surface area (Å²) in [6.07, 6.45) is 3.34. The molecule has 1 aliphatic heterocycles. The third kappa shape index (κ3) is 3.53. The number of amides is 1. The van der Waals surface area contributed by atoms with Gasteiger partial charge in [0, 0.05) is 10.9 Å². The summed E-state index contributed by atoms with van der Waals surface area (Å²) in [6, 6.07) is 7.72. The first-order chi connectivity index (χ1) is 9.61. The first kappa shape index (κ1) is 16.6. The SMILES string of the molecule is CC(NC(=O)C1CC12CCNCC2)c1ccc(Cl)cc1.Cl. The van der Waals surface area contributed by atoms with E-state index in [1.54, 1.807) is 0 Å². The predicted molar refractivity (Wildman–Crippen MR) is 87.9 cm³/mol. The van der Waals surface area contributed by atoms with E-state index in [4.69, 9.17) is 11.6 Å². The molecule has 2 fully saturated rings. The molecule has 1 saturated heterocycles. The summed E-state index contributed by atoms with van der Waals surface area (Å²) in [5.74, 6) is 0.439. The summed E-state index contributed by atoms with van der Waals surface area (Å²) in [4.78, 5) is 12.4. The van der Waals surface area contributed by atoms with E-state index >= 15 is 0 Å². The van der Waals surface area contributed by atoms with Gasteiger partial charge in [-0.25, -0.2) is 0 Å². The van der Waals surface area contributed by atoms with Crippen molar-refractivity contribution in [1.29, 1.82) is 0 Å². The van der Waals surface area contributed by atoms with Gasteiger partial charge in [0.15, 0.2) is 0 Å². The van der Waals surface area contributed by atoms with E-state index in [9.17, 15) is 4.79 Å². The fourth-order valence-electron chi connectivity index (χ4n) is 3.34. The lowest BCUT2D eigenvalue weighted by atomic mass is 9.91. The van der Waals surface area contributed by atoms with Crippen LogP contribution in [0, 0.1) is 11.3 Å². The standard InChI is InChI=1S/C16H21ClN2O.ClH/c1-11(12-2-4-13(17)5-3-12)19-15(20)14-10-16(14)6-8-18-9-7-16;/h2-5,11,14,18H,6-10H2,1H3,(H,19,20);1H. The third-order valence-corrected chi connectivity index (χ3v) is 5.09. The summed E-state index contributed by atoms with van der Waals surface area (Å²) in [6.45, 7) is 4.13. The Balaban J connectivity index is 0.00000161. The molecular weight excluding hydrogens is 307 g/mol. The molecule has 2 aliphatic rings. The van der Waals surface area contributed by atoms with Crippen molar-refractivity contribution in [2.24, 2.45) is 11.3 Å². The van der Waals surface area contributed by atoms with Gasteiger partial charge >= 0.3 is 0 Å². The van der Waals surface area contributed by atoms with E-state index in [1.807, 2.05) is 31.2 Å². The Kier molecular flexibility index (Phi) is 5.18. The van der Waals surface area contributed by atoms with Crippen LogP contribution in [0.25, 0.3) is 0 Å². The maximum Gasteiger partial charge on any atom is 0.224 e. The smallest absolute Gasteiger partial charge is 0.224 e. The molecule has 3 rings (SSSR count). The van der Waals surface area contributed by atoms with Gasteiger partial charge in [0.25, 0.3) is 0 Å². The minimum absolute atomic E-state index is 0. The van der Waals surface area contributed by atoms with E-state index in [1.165, 1.54) is 0 Å². The molecule has 0 aromatic heterocycles. The van der Waals surface area contributed by atoms with E-state index in [2.05, 4.69) is 10.6 Å². The number of piperidine rings is 1. The number of benzene rings is 1. The van der Waals surface area contributed by atoms with Crippen molar-refractivity contribution >= 4 is 29.9 Å². The molecule has 1 amide bonds. The van der Waals surface area contributed by atoms with Crippen LogP contribution in [0.15, 0.2) is 24.3 Å². The van der Waals surface area contributed by atoms with Crippen molar-refractivity contribution in [2.45, 2.75) is 32.2 Å². The van der Waals surface area contributed by atoms with Crippen molar-refractivity contribution in [3.8, 4) is 0 Å². The van der Waals surface area contributed by atoms with Gasteiger partial charge in [-0.15, -0.1) is 12.4 Å². The van der Waals surface area contributed by atoms with E-state index in [0.717, 1.165) is 42.9 Å². The minimum atomic E-state index is 0. The summed E-state index contributed by atoms with van der Waals surface area (Å²) < 4.78 is 0. The van der Waals surface area contributed by atoms with Gasteiger partial charge in [0.05, 0.1) is 6.04 Å². The minimum Gasteiger partial charge on any atom is -0.349 e. The molecule has 1 aromatic rings. The number of rotatable bonds is 3. The van der Waals surface area contributed by atoms with Crippen LogP contribution < -0.4 is 10.6 Å². The monoisotopic (exact) mass is 328 g/mol. The largest absolute Gasteiger partial charge is 0.349 e. The van der Waals surface area contributed by atoms with Gasteiger partial charge in [-0.1, -0.05) is 23.7 Å². The zero-order valence-electron chi connectivity index (χ0n) is 12.2. The Labute approximate surface area is 137 Å². The van der Waals surface area contributed by atoms with Crippen LogP contribution in [0.3, 0.4) is 0 Å². The van der Waals surface area contributed by atoms with Gasteiger partial charge in [-0.05, 0) is 62.4 Å². The highest BCUT2D eigenvalue weighted by atomic mass is 35.5. The molecule has 21 heavy (non-hydrogen) atoms. The molecular formula is C16H22Cl2N2O. The maximum atomic E-state index is 12.4. The maximum absolute atomic E-state index is 12.4. The van der Waals surface area contributed by atoms with Crippen molar-refractivity contribution in [3.05, 3.63) is 34.9 Å². The lowest BCUT2D eigenvalue weighted by Gasteiger charge is -2.23. The third-order valence-electron chi connectivity index (χ3n) is 4.83. The molecule has 2 N–H and O–H groups in total. The van der Waals surface area contributed by atoms with Crippen LogP contribution in [-0.4, -0.2) is 19.0 Å². The summed E-state index contributed by atoms with van der Waals surface area (Å²) in [5.41, 5.74) is 1.40. The summed E-state index contributed by atoms with van der Waals surface area (Å²) >= 11 is 5.89. The average Bonchev–Trinajstić information content (AvgIpc) is 3.14. The fraction of sp³-hybridized carbons (Fsp3) is 0.562. The number of nitrogens with one attached hydrogen (secondary N) is 2. The first-order valence-corrected chi connectivity index (χ1v) is 7.75. The van der Waals surface area contributed by atoms with E-state index < -0.39 is 0 Å². The highest BCUT2D eigenvalue weighted by Crippen LogP contribution is 2.58. The Morgan fingerprint density at radius 2 is 1.95 bits per heavy atom. The van der Waals surface area contributed by atoms with Crippen LogP contribution in [0.2, 0.25) is 5.02 Å². The number of carbonyl (C=O) groups excluding carboxylic acids is 1. The molecule has 1 heterocycles. The van der Waals surface area contributed by atoms with E-state index in [-0.39, 0.29) is 30.3 Å². The zero-order valence-corrected chi connectivity index (χ0v) is 13.8. The fourth-order valence-corrected chi connectivity index (χ4v) is 3.47. The molecule has 1 aromatic carbocycles. The second-order valence-electron chi connectivity index (χ2n) is 6.15. The van der Waals surface area contributed by atoms with Gasteiger partial charge in [-0.2, -0.15) is 0 Å². The Hall–Kier alpha value is -0.770. The van der Waals surface area contributed by atoms with Crippen LogP contribution in [0.4, 0.5) is 0 Å². The van der Waals surface area contributed by atoms with Crippen LogP contribution >= 0.6 is 24.0 Å². The number of halogens is 2. The van der Waals surface area contributed by atoms with Crippen molar-refractivity contribution in [3.63, 3.8) is 0 Å². The van der Waals surface area contributed by atoms with Gasteiger partial charge in [0.1, 0.15) is 0 Å². The molecule has 3 nitrogen and oxygen atoms in total. The van der Waals surface area contributed by atoms with Crippen molar-refractivity contribution in [1.82, 2.24) is 10.6 Å². The molecule has 1 saturated carbocycles. The van der Waals surface area contributed by atoms with Crippen LogP contribution in [-0.2, 0) is 4.79 Å². The predicted octanol–water partition coefficient (Wildman–Crippen LogP) is 3.33. The second-order valence-corrected chi connectivity index (χ2v) is 6.59. The molecule has 1 aliphatic carbocycles. The van der Waals surface area contributed by atoms with Gasteiger partial charge in [0.2, 0.25) is 5.91 Å². The number of hydrogen-bond donors (Lipinski definition) is 2. The van der Waals surface area contributed by atoms with Crippen LogP contribution in [0.1, 0.15) is 37.8 Å². The molecule has 0 bridgehead atoms. The highest BCUT2D eigenvalue weighted by molar-refractivity contribution is 6.30. The molecule has 0 radical (unpaired) electrons. The molecule has 5 heteroatoms. The first-order valence-electron chi connectivity index (χ1n) is 7.37. The quantitative estimate of drug-likeness (QED) is 0.893. The van der Waals surface area contributed by atoms with Gasteiger partial charge in [-0.3, -0.25) is 4.79 Å². The Morgan fingerprint density at radius 3 is 2.57 bits per heavy atom. The second kappa shape index (κ2) is 6.55. The van der Waals surface area contributed by atoms with Gasteiger partial charge < -0.3 is 10.6 Å². The summed E-state index contributed by atoms with van der Waals surface area (Å²) in [7, 11) is 0. The lowest BCUT2D eigenvalue weighted by molar-refractivity contribution is -0.123. The average molecular weight is 329 g/mol. The summed E-state index contributed by atoms with van der Waals surface area (Å²) in [5, 5.41) is 7.24. The number of hydrogen-bond acceptors (Lipinski definition) is 2. The Bertz CT molecular complexity index is 498. The topological polar surface area (TPSA) is 41.1 Å². The van der Waals surface area contributed by atoms with Crippen LogP contribution in [0.5, 0.6) is 0 Å². The number of carbonyl (C=O) groups is 1. The normalized spacial score (nSPS) is 24.0. The highest BCUT2D eigenvalue weighted by Gasteiger charge is 2.57. The lowest BCUT2D eigenvalue weighted by Crippen LogP contribution is -2.34. The molecule has 2 atom stereocenters. The Morgan fingerprint density at radius 1 is 1.33 bits per heavy atom.